The topological polar surface area (TPSA) is 50.2 Å². The molecule has 0 saturated carbocycles. The molecule has 2 rings (SSSR count). The Morgan fingerprint density at radius 2 is 2.06 bits per heavy atom. The highest BCUT2D eigenvalue weighted by atomic mass is 35.5. The number of rotatable bonds is 2. The summed E-state index contributed by atoms with van der Waals surface area (Å²) in [5, 5.41) is 9.40. The third-order valence-corrected chi connectivity index (χ3v) is 3.13. The van der Waals surface area contributed by atoms with Gasteiger partial charge < -0.3 is 5.11 Å². The van der Waals surface area contributed by atoms with Crippen LogP contribution in [0.15, 0.2) is 30.5 Å². The van der Waals surface area contributed by atoms with Crippen LogP contribution in [0.25, 0.3) is 11.3 Å². The van der Waals surface area contributed by atoms with Crippen molar-refractivity contribution in [2.75, 3.05) is 0 Å². The van der Waals surface area contributed by atoms with E-state index in [2.05, 4.69) is 4.98 Å². The van der Waals surface area contributed by atoms with Crippen LogP contribution < -0.4 is 0 Å². The van der Waals surface area contributed by atoms with E-state index in [9.17, 15) is 9.18 Å². The van der Waals surface area contributed by atoms with Crippen molar-refractivity contribution in [2.45, 2.75) is 0 Å². The van der Waals surface area contributed by atoms with Crippen molar-refractivity contribution in [2.24, 2.45) is 0 Å². The molecule has 0 unspecified atom stereocenters. The molecule has 3 nitrogen and oxygen atoms in total. The Bertz CT molecular complexity index is 631. The van der Waals surface area contributed by atoms with Crippen LogP contribution in [0.1, 0.15) is 10.4 Å². The van der Waals surface area contributed by atoms with Crippen LogP contribution in [-0.4, -0.2) is 16.1 Å². The average Bonchev–Trinajstić information content (AvgIpc) is 2.33. The molecule has 1 aromatic heterocycles. The second-order valence-electron chi connectivity index (χ2n) is 3.46. The van der Waals surface area contributed by atoms with Crippen LogP contribution in [0.4, 0.5) is 4.39 Å². The Hall–Kier alpha value is -1.65. The number of benzene rings is 1. The number of carbonyl (C=O) groups is 1. The SMILES string of the molecule is O=C(O)c1cc(-c2cccc(Cl)c2Cl)ncc1F. The van der Waals surface area contributed by atoms with Gasteiger partial charge in [-0.15, -0.1) is 0 Å². The fourth-order valence-corrected chi connectivity index (χ4v) is 1.85. The first-order valence-corrected chi connectivity index (χ1v) is 5.59. The van der Waals surface area contributed by atoms with E-state index in [1.165, 1.54) is 0 Å². The number of hydrogen-bond donors (Lipinski definition) is 1. The number of aromatic carboxylic acids is 1. The van der Waals surface area contributed by atoms with Crippen molar-refractivity contribution in [1.29, 1.82) is 0 Å². The molecule has 0 aliphatic carbocycles. The number of halogens is 3. The lowest BCUT2D eigenvalue weighted by molar-refractivity contribution is 0.0691. The van der Waals surface area contributed by atoms with Crippen LogP contribution in [-0.2, 0) is 0 Å². The predicted molar refractivity (Wildman–Crippen MR) is 66.6 cm³/mol. The summed E-state index contributed by atoms with van der Waals surface area (Å²) in [6.07, 6.45) is 0.843. The molecular formula is C12H6Cl2FNO2. The van der Waals surface area contributed by atoms with Gasteiger partial charge >= 0.3 is 5.97 Å². The molecule has 2 aromatic rings. The Morgan fingerprint density at radius 3 is 2.72 bits per heavy atom. The molecule has 6 heteroatoms. The van der Waals surface area contributed by atoms with Crippen molar-refractivity contribution >= 4 is 29.2 Å². The molecule has 1 N–H and O–H groups in total. The van der Waals surface area contributed by atoms with E-state index >= 15 is 0 Å². The summed E-state index contributed by atoms with van der Waals surface area (Å²) in [6, 6.07) is 5.99. The minimum Gasteiger partial charge on any atom is -0.478 e. The first kappa shape index (κ1) is 12.8. The van der Waals surface area contributed by atoms with E-state index in [1.807, 2.05) is 0 Å². The lowest BCUT2D eigenvalue weighted by atomic mass is 10.1. The summed E-state index contributed by atoms with van der Waals surface area (Å²) in [6.45, 7) is 0. The molecule has 0 bridgehead atoms. The number of aromatic nitrogens is 1. The van der Waals surface area contributed by atoms with Crippen molar-refractivity contribution < 1.29 is 14.3 Å². The van der Waals surface area contributed by atoms with Gasteiger partial charge in [0.25, 0.3) is 0 Å². The minimum absolute atomic E-state index is 0.245. The predicted octanol–water partition coefficient (Wildman–Crippen LogP) is 3.89. The second-order valence-corrected chi connectivity index (χ2v) is 4.24. The van der Waals surface area contributed by atoms with Gasteiger partial charge in [-0.05, 0) is 12.1 Å². The van der Waals surface area contributed by atoms with Gasteiger partial charge in [-0.2, -0.15) is 0 Å². The summed E-state index contributed by atoms with van der Waals surface area (Å²) in [5.41, 5.74) is 0.240. The van der Waals surface area contributed by atoms with Crippen LogP contribution in [0.2, 0.25) is 10.0 Å². The first-order chi connectivity index (χ1) is 8.50. The largest absolute Gasteiger partial charge is 0.478 e. The molecule has 0 aliphatic heterocycles. The molecular weight excluding hydrogens is 280 g/mol. The smallest absolute Gasteiger partial charge is 0.338 e. The highest BCUT2D eigenvalue weighted by Crippen LogP contribution is 2.32. The van der Waals surface area contributed by atoms with Gasteiger partial charge in [0.2, 0.25) is 0 Å². The average molecular weight is 286 g/mol. The molecule has 92 valence electrons. The molecule has 0 radical (unpaired) electrons. The van der Waals surface area contributed by atoms with Crippen molar-refractivity contribution in [3.63, 3.8) is 0 Å². The maximum atomic E-state index is 13.2. The summed E-state index contributed by atoms with van der Waals surface area (Å²) >= 11 is 11.8. The quantitative estimate of drug-likeness (QED) is 0.911. The van der Waals surface area contributed by atoms with Crippen LogP contribution in [0.5, 0.6) is 0 Å². The van der Waals surface area contributed by atoms with E-state index in [1.54, 1.807) is 18.2 Å². The van der Waals surface area contributed by atoms with Gasteiger partial charge in [-0.1, -0.05) is 35.3 Å². The Balaban J connectivity index is 2.62. The van der Waals surface area contributed by atoms with Gasteiger partial charge in [-0.25, -0.2) is 9.18 Å². The monoisotopic (exact) mass is 285 g/mol. The standard InChI is InChI=1S/C12H6Cl2FNO2/c13-8-3-1-2-6(11(8)14)10-4-7(12(17)18)9(15)5-16-10/h1-5H,(H,17,18). The molecule has 0 spiro atoms. The van der Waals surface area contributed by atoms with Crippen LogP contribution >= 0.6 is 23.2 Å². The number of pyridine rings is 1. The number of carboxylic acid groups (broad SMARTS) is 1. The normalized spacial score (nSPS) is 10.4. The zero-order valence-corrected chi connectivity index (χ0v) is 10.3. The summed E-state index contributed by atoms with van der Waals surface area (Å²) < 4.78 is 13.2. The zero-order valence-electron chi connectivity index (χ0n) is 8.82. The van der Waals surface area contributed by atoms with Crippen molar-refractivity contribution in [1.82, 2.24) is 4.98 Å². The molecule has 1 aromatic carbocycles. The van der Waals surface area contributed by atoms with Crippen LogP contribution in [0.3, 0.4) is 0 Å². The molecule has 0 amide bonds. The van der Waals surface area contributed by atoms with Crippen molar-refractivity contribution in [3.8, 4) is 11.3 Å². The molecule has 0 fully saturated rings. The molecule has 0 saturated heterocycles. The first-order valence-electron chi connectivity index (χ1n) is 4.84. The van der Waals surface area contributed by atoms with Gasteiger partial charge in [-0.3, -0.25) is 4.98 Å². The van der Waals surface area contributed by atoms with Gasteiger partial charge in [0.15, 0.2) is 5.82 Å². The van der Waals surface area contributed by atoms with Gasteiger partial charge in [0, 0.05) is 5.56 Å². The highest BCUT2D eigenvalue weighted by Gasteiger charge is 2.15. The van der Waals surface area contributed by atoms with E-state index in [0.717, 1.165) is 12.3 Å². The number of carboxylic acids is 1. The molecule has 0 aliphatic rings. The fourth-order valence-electron chi connectivity index (χ4n) is 1.45. The maximum absolute atomic E-state index is 13.2. The Labute approximate surface area is 112 Å². The summed E-state index contributed by atoms with van der Waals surface area (Å²) in [5.74, 6) is -2.27. The highest BCUT2D eigenvalue weighted by molar-refractivity contribution is 6.43. The van der Waals surface area contributed by atoms with E-state index in [0.29, 0.717) is 10.6 Å². The Kier molecular flexibility index (Phi) is 3.50. The van der Waals surface area contributed by atoms with Crippen LogP contribution in [0, 0.1) is 5.82 Å². The third kappa shape index (κ3) is 2.30. The number of nitrogens with zero attached hydrogens (tertiary/aromatic N) is 1. The molecule has 1 heterocycles. The van der Waals surface area contributed by atoms with Gasteiger partial charge in [0.1, 0.15) is 0 Å². The number of hydrogen-bond acceptors (Lipinski definition) is 2. The molecule has 0 atom stereocenters. The minimum atomic E-state index is -1.37. The van der Waals surface area contributed by atoms with Gasteiger partial charge in [0.05, 0.1) is 27.5 Å². The van der Waals surface area contributed by atoms with E-state index < -0.39 is 17.3 Å². The van der Waals surface area contributed by atoms with E-state index in [4.69, 9.17) is 28.3 Å². The zero-order chi connectivity index (χ0) is 13.3. The Morgan fingerprint density at radius 1 is 1.33 bits per heavy atom. The maximum Gasteiger partial charge on any atom is 0.338 e. The molecule has 18 heavy (non-hydrogen) atoms. The second kappa shape index (κ2) is 4.92. The third-order valence-electron chi connectivity index (χ3n) is 2.31. The van der Waals surface area contributed by atoms with Crippen molar-refractivity contribution in [3.05, 3.63) is 51.9 Å². The lowest BCUT2D eigenvalue weighted by Gasteiger charge is -2.06. The fraction of sp³-hybridized carbons (Fsp3) is 0. The summed E-state index contributed by atoms with van der Waals surface area (Å²) in [7, 11) is 0. The lowest BCUT2D eigenvalue weighted by Crippen LogP contribution is -2.02. The van der Waals surface area contributed by atoms with E-state index in [-0.39, 0.29) is 10.7 Å². The summed E-state index contributed by atoms with van der Waals surface area (Å²) in [4.78, 5) is 14.6.